The average Bonchev–Trinajstić information content (AvgIpc) is 2.62. The highest BCUT2D eigenvalue weighted by Gasteiger charge is 2.19. The number of hydrogen-bond acceptors (Lipinski definition) is 2. The van der Waals surface area contributed by atoms with Crippen LogP contribution in [-0.2, 0) is 4.74 Å². The van der Waals surface area contributed by atoms with E-state index in [2.05, 4.69) is 31.1 Å². The first-order valence-corrected chi connectivity index (χ1v) is 3.70. The lowest BCUT2D eigenvalue weighted by molar-refractivity contribution is 0.409. The van der Waals surface area contributed by atoms with E-state index in [1.54, 1.807) is 0 Å². The van der Waals surface area contributed by atoms with Gasteiger partial charge in [-0.1, -0.05) is 12.2 Å². The third kappa shape index (κ3) is 3.64. The van der Waals surface area contributed by atoms with E-state index in [1.165, 1.54) is 0 Å². The number of epoxide rings is 1. The summed E-state index contributed by atoms with van der Waals surface area (Å²) in [5.41, 5.74) is 0. The molecule has 0 amide bonds. The van der Waals surface area contributed by atoms with Crippen LogP contribution >= 0.6 is 0 Å². The molecule has 0 radical (unpaired) electrons. The van der Waals surface area contributed by atoms with Gasteiger partial charge in [0.05, 0.1) is 12.7 Å². The van der Waals surface area contributed by atoms with Crippen molar-refractivity contribution in [3.63, 3.8) is 0 Å². The molecule has 1 rings (SSSR count). The van der Waals surface area contributed by atoms with Crippen molar-refractivity contribution in [2.75, 3.05) is 27.2 Å². The van der Waals surface area contributed by atoms with Crippen molar-refractivity contribution < 1.29 is 4.74 Å². The highest BCUT2D eigenvalue weighted by molar-refractivity contribution is 4.88. The van der Waals surface area contributed by atoms with Gasteiger partial charge in [0, 0.05) is 6.54 Å². The fourth-order valence-electron chi connectivity index (χ4n) is 0.737. The zero-order valence-corrected chi connectivity index (χ0v) is 6.71. The molecule has 1 saturated heterocycles. The molecule has 0 spiro atoms. The standard InChI is InChI=1S/C8H15NO/c1-9(2)6-4-3-5-8-7-10-8/h3-4,8H,5-7H2,1-2H3. The highest BCUT2D eigenvalue weighted by atomic mass is 16.6. The quantitative estimate of drug-likeness (QED) is 0.427. The summed E-state index contributed by atoms with van der Waals surface area (Å²) in [6, 6.07) is 0. The summed E-state index contributed by atoms with van der Waals surface area (Å²) in [6.45, 7) is 2.00. The summed E-state index contributed by atoms with van der Waals surface area (Å²) >= 11 is 0. The van der Waals surface area contributed by atoms with Crippen molar-refractivity contribution in [3.05, 3.63) is 12.2 Å². The fraction of sp³-hybridized carbons (Fsp3) is 0.750. The molecule has 0 aliphatic carbocycles. The van der Waals surface area contributed by atoms with Crippen molar-refractivity contribution in [2.24, 2.45) is 0 Å². The van der Waals surface area contributed by atoms with Crippen molar-refractivity contribution >= 4 is 0 Å². The van der Waals surface area contributed by atoms with Crippen molar-refractivity contribution in [1.29, 1.82) is 0 Å². The molecule has 2 nitrogen and oxygen atoms in total. The highest BCUT2D eigenvalue weighted by Crippen LogP contribution is 2.13. The van der Waals surface area contributed by atoms with Gasteiger partial charge in [0.1, 0.15) is 0 Å². The maximum atomic E-state index is 5.05. The SMILES string of the molecule is CN(C)CC=CCC1CO1. The van der Waals surface area contributed by atoms with Gasteiger partial charge in [0.2, 0.25) is 0 Å². The predicted molar refractivity (Wildman–Crippen MR) is 42.1 cm³/mol. The molecule has 1 unspecified atom stereocenters. The first kappa shape index (κ1) is 7.76. The lowest BCUT2D eigenvalue weighted by Crippen LogP contribution is -2.10. The van der Waals surface area contributed by atoms with E-state index < -0.39 is 0 Å². The molecule has 0 aromatic rings. The summed E-state index contributed by atoms with van der Waals surface area (Å²) in [5.74, 6) is 0. The second kappa shape index (κ2) is 3.74. The number of ether oxygens (including phenoxy) is 1. The molecule has 2 heteroatoms. The van der Waals surface area contributed by atoms with Crippen LogP contribution in [0.1, 0.15) is 6.42 Å². The Morgan fingerprint density at radius 2 is 2.20 bits per heavy atom. The summed E-state index contributed by atoms with van der Waals surface area (Å²) in [7, 11) is 4.13. The Hall–Kier alpha value is -0.340. The first-order valence-electron chi connectivity index (χ1n) is 3.70. The van der Waals surface area contributed by atoms with Gasteiger partial charge in [-0.25, -0.2) is 0 Å². The summed E-state index contributed by atoms with van der Waals surface area (Å²) in [6.07, 6.45) is 6.01. The normalized spacial score (nSPS) is 24.5. The van der Waals surface area contributed by atoms with Crippen molar-refractivity contribution in [3.8, 4) is 0 Å². The Bertz CT molecular complexity index is 110. The molecule has 0 aromatic carbocycles. The smallest absolute Gasteiger partial charge is 0.0844 e. The topological polar surface area (TPSA) is 15.8 Å². The van der Waals surface area contributed by atoms with Gasteiger partial charge in [-0.05, 0) is 20.5 Å². The Morgan fingerprint density at radius 3 is 2.70 bits per heavy atom. The number of rotatable bonds is 4. The zero-order valence-electron chi connectivity index (χ0n) is 6.71. The lowest BCUT2D eigenvalue weighted by atomic mass is 10.3. The van der Waals surface area contributed by atoms with E-state index in [1.807, 2.05) is 0 Å². The largest absolute Gasteiger partial charge is 0.373 e. The third-order valence-electron chi connectivity index (χ3n) is 1.44. The molecule has 1 atom stereocenters. The fourth-order valence-corrected chi connectivity index (χ4v) is 0.737. The minimum absolute atomic E-state index is 0.540. The first-order chi connectivity index (χ1) is 4.79. The lowest BCUT2D eigenvalue weighted by Gasteiger charge is -2.02. The zero-order chi connectivity index (χ0) is 7.40. The minimum Gasteiger partial charge on any atom is -0.373 e. The van der Waals surface area contributed by atoms with Gasteiger partial charge in [-0.3, -0.25) is 0 Å². The predicted octanol–water partition coefficient (Wildman–Crippen LogP) is 0.893. The van der Waals surface area contributed by atoms with Gasteiger partial charge in [0.15, 0.2) is 0 Å². The van der Waals surface area contributed by atoms with E-state index >= 15 is 0 Å². The van der Waals surface area contributed by atoms with Crippen LogP contribution in [0.5, 0.6) is 0 Å². The molecule has 58 valence electrons. The number of likely N-dealkylation sites (N-methyl/N-ethyl adjacent to an activating group) is 1. The Labute approximate surface area is 62.5 Å². The van der Waals surface area contributed by atoms with Crippen molar-refractivity contribution in [2.45, 2.75) is 12.5 Å². The maximum absolute atomic E-state index is 5.05. The Balaban J connectivity index is 1.93. The van der Waals surface area contributed by atoms with E-state index in [0.29, 0.717) is 6.10 Å². The molecule has 0 N–H and O–H groups in total. The number of hydrogen-bond donors (Lipinski definition) is 0. The molecule has 1 aliphatic rings. The molecule has 1 aliphatic heterocycles. The van der Waals surface area contributed by atoms with Gasteiger partial charge in [0.25, 0.3) is 0 Å². The molecule has 0 bridgehead atoms. The molecule has 10 heavy (non-hydrogen) atoms. The summed E-state index contributed by atoms with van der Waals surface area (Å²) in [4.78, 5) is 2.14. The van der Waals surface area contributed by atoms with Crippen LogP contribution in [0.4, 0.5) is 0 Å². The van der Waals surface area contributed by atoms with E-state index in [9.17, 15) is 0 Å². The van der Waals surface area contributed by atoms with Crippen LogP contribution in [0.25, 0.3) is 0 Å². The Morgan fingerprint density at radius 1 is 1.50 bits per heavy atom. The summed E-state index contributed by atoms with van der Waals surface area (Å²) < 4.78 is 5.05. The monoisotopic (exact) mass is 141 g/mol. The number of nitrogens with zero attached hydrogens (tertiary/aromatic N) is 1. The molecule has 0 saturated carbocycles. The van der Waals surface area contributed by atoms with Gasteiger partial charge in [-0.15, -0.1) is 0 Å². The van der Waals surface area contributed by atoms with Gasteiger partial charge in [-0.2, -0.15) is 0 Å². The molecule has 1 heterocycles. The average molecular weight is 141 g/mol. The minimum atomic E-state index is 0.540. The van der Waals surface area contributed by atoms with Crippen molar-refractivity contribution in [1.82, 2.24) is 4.90 Å². The maximum Gasteiger partial charge on any atom is 0.0844 e. The second-order valence-corrected chi connectivity index (χ2v) is 2.92. The van der Waals surface area contributed by atoms with Crippen LogP contribution in [0.3, 0.4) is 0 Å². The second-order valence-electron chi connectivity index (χ2n) is 2.92. The Kier molecular flexibility index (Phi) is 2.90. The van der Waals surface area contributed by atoms with Crippen LogP contribution in [-0.4, -0.2) is 38.3 Å². The van der Waals surface area contributed by atoms with E-state index in [-0.39, 0.29) is 0 Å². The van der Waals surface area contributed by atoms with E-state index in [0.717, 1.165) is 19.6 Å². The molecular weight excluding hydrogens is 126 g/mol. The van der Waals surface area contributed by atoms with Crippen LogP contribution in [0.15, 0.2) is 12.2 Å². The van der Waals surface area contributed by atoms with E-state index in [4.69, 9.17) is 4.74 Å². The third-order valence-corrected chi connectivity index (χ3v) is 1.44. The van der Waals surface area contributed by atoms with Gasteiger partial charge < -0.3 is 9.64 Å². The van der Waals surface area contributed by atoms with Crippen LogP contribution in [0.2, 0.25) is 0 Å². The van der Waals surface area contributed by atoms with Crippen LogP contribution < -0.4 is 0 Å². The van der Waals surface area contributed by atoms with Gasteiger partial charge >= 0.3 is 0 Å². The summed E-state index contributed by atoms with van der Waals surface area (Å²) in [5, 5.41) is 0. The van der Waals surface area contributed by atoms with Crippen LogP contribution in [0, 0.1) is 0 Å². The molecule has 1 fully saturated rings. The molecular formula is C8H15NO. The molecule has 0 aromatic heterocycles.